The van der Waals surface area contributed by atoms with Crippen molar-refractivity contribution in [3.05, 3.63) is 35.9 Å². The first-order valence-electron chi connectivity index (χ1n) is 8.63. The van der Waals surface area contributed by atoms with E-state index in [1.807, 2.05) is 30.3 Å². The lowest BCUT2D eigenvalue weighted by Crippen LogP contribution is -2.49. The summed E-state index contributed by atoms with van der Waals surface area (Å²) in [6, 6.07) is 11.1. The number of aliphatic hydroxyl groups is 1. The van der Waals surface area contributed by atoms with Gasteiger partial charge >= 0.3 is 6.09 Å². The fraction of sp³-hybridized carbons (Fsp3) is 0.579. The lowest BCUT2D eigenvalue weighted by molar-refractivity contribution is 0.114. The van der Waals surface area contributed by atoms with Crippen LogP contribution >= 0.6 is 0 Å². The molecule has 0 aliphatic carbocycles. The second kappa shape index (κ2) is 10.7. The predicted octanol–water partition coefficient (Wildman–Crippen LogP) is 2.54. The Bertz CT molecular complexity index is 555. The molecule has 1 aromatic carbocycles. The van der Waals surface area contributed by atoms with E-state index >= 15 is 0 Å². The fourth-order valence-corrected chi connectivity index (χ4v) is 2.74. The van der Waals surface area contributed by atoms with Crippen molar-refractivity contribution in [1.29, 1.82) is 5.26 Å². The first kappa shape index (κ1) is 20.9. The number of nitrogens with one attached hydrogen (secondary N) is 2. The van der Waals surface area contributed by atoms with Gasteiger partial charge in [-0.25, -0.2) is 4.79 Å². The monoisotopic (exact) mass is 347 g/mol. The number of benzene rings is 1. The van der Waals surface area contributed by atoms with E-state index in [2.05, 4.69) is 30.6 Å². The molecular weight excluding hydrogens is 318 g/mol. The zero-order valence-corrected chi connectivity index (χ0v) is 15.0. The maximum Gasteiger partial charge on any atom is 0.404 e. The van der Waals surface area contributed by atoms with Crippen LogP contribution in [-0.2, 0) is 6.42 Å². The number of hydrogen-bond acceptors (Lipinski definition) is 4. The van der Waals surface area contributed by atoms with E-state index in [0.29, 0.717) is 25.9 Å². The number of carbonyl (C=O) groups is 1. The Labute approximate surface area is 149 Å². The van der Waals surface area contributed by atoms with Gasteiger partial charge in [-0.1, -0.05) is 44.2 Å². The molecule has 0 heterocycles. The number of rotatable bonds is 11. The third-order valence-electron chi connectivity index (χ3n) is 4.17. The van der Waals surface area contributed by atoms with Crippen molar-refractivity contribution in [3.63, 3.8) is 0 Å². The van der Waals surface area contributed by atoms with Gasteiger partial charge in [0.25, 0.3) is 0 Å². The average Bonchev–Trinajstić information content (AvgIpc) is 2.54. The third-order valence-corrected chi connectivity index (χ3v) is 4.17. The van der Waals surface area contributed by atoms with Crippen LogP contribution in [0.15, 0.2) is 30.3 Å². The largest absolute Gasteiger partial charge is 0.465 e. The van der Waals surface area contributed by atoms with Crippen LogP contribution in [0.3, 0.4) is 0 Å². The van der Waals surface area contributed by atoms with Crippen LogP contribution in [0.2, 0.25) is 0 Å². The first-order chi connectivity index (χ1) is 11.8. The van der Waals surface area contributed by atoms with Gasteiger partial charge in [0.15, 0.2) is 0 Å². The second-order valence-electron chi connectivity index (χ2n) is 7.12. The van der Waals surface area contributed by atoms with E-state index in [1.165, 1.54) is 0 Å². The van der Waals surface area contributed by atoms with Gasteiger partial charge in [0.2, 0.25) is 0 Å². The van der Waals surface area contributed by atoms with Crippen LogP contribution in [0.25, 0.3) is 0 Å². The first-order valence-corrected chi connectivity index (χ1v) is 8.63. The van der Waals surface area contributed by atoms with Gasteiger partial charge in [0, 0.05) is 19.5 Å². The molecule has 1 rings (SSSR count). The highest BCUT2D eigenvalue weighted by molar-refractivity contribution is 5.65. The van der Waals surface area contributed by atoms with E-state index in [4.69, 9.17) is 10.4 Å². The summed E-state index contributed by atoms with van der Waals surface area (Å²) in [5.74, 6) is 0. The molecule has 138 valence electrons. The number of nitriles is 1. The Morgan fingerprint density at radius 3 is 2.60 bits per heavy atom. The van der Waals surface area contributed by atoms with Crippen molar-refractivity contribution in [2.24, 2.45) is 5.41 Å². The van der Waals surface area contributed by atoms with Gasteiger partial charge in [-0.05, 0) is 30.2 Å². The minimum Gasteiger partial charge on any atom is -0.465 e. The molecule has 1 unspecified atom stereocenters. The maximum atomic E-state index is 11.0. The molecular formula is C19H29N3O3. The van der Waals surface area contributed by atoms with Gasteiger partial charge in [-0.15, -0.1) is 0 Å². The highest BCUT2D eigenvalue weighted by Gasteiger charge is 2.23. The molecule has 6 heteroatoms. The van der Waals surface area contributed by atoms with Crippen LogP contribution in [0, 0.1) is 16.7 Å². The molecule has 6 nitrogen and oxygen atoms in total. The lowest BCUT2D eigenvalue weighted by Gasteiger charge is -2.28. The second-order valence-corrected chi connectivity index (χ2v) is 7.12. The van der Waals surface area contributed by atoms with Crippen molar-refractivity contribution in [1.82, 2.24) is 10.6 Å². The number of carboxylic acid groups (broad SMARTS) is 1. The average molecular weight is 347 g/mol. The Morgan fingerprint density at radius 2 is 2.00 bits per heavy atom. The Hall–Kier alpha value is -2.10. The molecule has 0 radical (unpaired) electrons. The van der Waals surface area contributed by atoms with Crippen LogP contribution in [-0.4, -0.2) is 41.5 Å². The summed E-state index contributed by atoms with van der Waals surface area (Å²) in [6.45, 7) is 5.22. The summed E-state index contributed by atoms with van der Waals surface area (Å²) in [7, 11) is 0. The lowest BCUT2D eigenvalue weighted by atomic mass is 9.87. The molecule has 2 atom stereocenters. The molecule has 0 aromatic heterocycles. The minimum absolute atomic E-state index is 0.0196. The van der Waals surface area contributed by atoms with Crippen molar-refractivity contribution in [3.8, 4) is 6.07 Å². The fourth-order valence-electron chi connectivity index (χ4n) is 2.74. The quantitative estimate of drug-likeness (QED) is 0.460. The van der Waals surface area contributed by atoms with E-state index in [-0.39, 0.29) is 5.41 Å². The highest BCUT2D eigenvalue weighted by Crippen LogP contribution is 2.21. The Kier molecular flexibility index (Phi) is 8.96. The van der Waals surface area contributed by atoms with Gasteiger partial charge in [-0.3, -0.25) is 0 Å². The summed E-state index contributed by atoms with van der Waals surface area (Å²) >= 11 is 0. The van der Waals surface area contributed by atoms with Crippen LogP contribution in [0.1, 0.15) is 38.7 Å². The SMILES string of the molecule is CC(C)(CCCC#N)CNC[C@@H](O)C(Cc1ccccc1)NC(=O)O. The molecule has 1 amide bonds. The van der Waals surface area contributed by atoms with Crippen LogP contribution in [0.4, 0.5) is 4.79 Å². The standard InChI is InChI=1S/C19H29N3O3/c1-19(2,10-6-7-11-20)14-21-13-17(23)16(22-18(24)25)12-15-8-4-3-5-9-15/h3-5,8-9,16-17,21-23H,6-7,10,12-14H2,1-2H3,(H,24,25)/t16?,17-/m1/s1. The number of unbranched alkanes of at least 4 members (excludes halogenated alkanes) is 1. The molecule has 0 spiro atoms. The molecule has 0 aliphatic rings. The van der Waals surface area contributed by atoms with Gasteiger partial charge in [-0.2, -0.15) is 5.26 Å². The predicted molar refractivity (Wildman–Crippen MR) is 97.2 cm³/mol. The minimum atomic E-state index is -1.14. The Morgan fingerprint density at radius 1 is 1.32 bits per heavy atom. The maximum absolute atomic E-state index is 11.0. The summed E-state index contributed by atoms with van der Waals surface area (Å²) in [4.78, 5) is 11.0. The van der Waals surface area contributed by atoms with Gasteiger partial charge in [0.1, 0.15) is 0 Å². The molecule has 0 saturated carbocycles. The molecule has 25 heavy (non-hydrogen) atoms. The van der Waals surface area contributed by atoms with Crippen molar-refractivity contribution < 1.29 is 15.0 Å². The number of aliphatic hydroxyl groups excluding tert-OH is 1. The zero-order chi connectivity index (χ0) is 18.7. The molecule has 0 saturated heterocycles. The van der Waals surface area contributed by atoms with Crippen LogP contribution in [0.5, 0.6) is 0 Å². The summed E-state index contributed by atoms with van der Waals surface area (Å²) < 4.78 is 0. The Balaban J connectivity index is 2.50. The molecule has 4 N–H and O–H groups in total. The summed E-state index contributed by atoms with van der Waals surface area (Å²) in [5, 5.41) is 33.7. The van der Waals surface area contributed by atoms with E-state index in [1.54, 1.807) is 0 Å². The van der Waals surface area contributed by atoms with E-state index < -0.39 is 18.2 Å². The summed E-state index contributed by atoms with van der Waals surface area (Å²) in [5.41, 5.74) is 0.989. The normalized spacial score (nSPS) is 13.7. The van der Waals surface area contributed by atoms with E-state index in [9.17, 15) is 9.90 Å². The number of nitrogens with zero attached hydrogens (tertiary/aromatic N) is 1. The number of hydrogen-bond donors (Lipinski definition) is 4. The van der Waals surface area contributed by atoms with Gasteiger partial charge < -0.3 is 20.8 Å². The van der Waals surface area contributed by atoms with Gasteiger partial charge in [0.05, 0.1) is 18.2 Å². The molecule has 1 aromatic rings. The molecule has 0 fully saturated rings. The smallest absolute Gasteiger partial charge is 0.404 e. The molecule has 0 aliphatic heterocycles. The third kappa shape index (κ3) is 9.08. The zero-order valence-electron chi connectivity index (χ0n) is 15.0. The molecule has 0 bridgehead atoms. The summed E-state index contributed by atoms with van der Waals surface area (Å²) in [6.07, 6.45) is 0.785. The van der Waals surface area contributed by atoms with E-state index in [0.717, 1.165) is 18.4 Å². The number of amides is 1. The van der Waals surface area contributed by atoms with Crippen molar-refractivity contribution in [2.75, 3.05) is 13.1 Å². The van der Waals surface area contributed by atoms with Crippen molar-refractivity contribution in [2.45, 2.75) is 51.7 Å². The topological polar surface area (TPSA) is 105 Å². The van der Waals surface area contributed by atoms with Crippen LogP contribution < -0.4 is 10.6 Å². The van der Waals surface area contributed by atoms with Crippen molar-refractivity contribution >= 4 is 6.09 Å². The highest BCUT2D eigenvalue weighted by atomic mass is 16.4.